The molecule has 0 saturated heterocycles. The fraction of sp³-hybridized carbons (Fsp3) is 0.250. The van der Waals surface area contributed by atoms with Crippen molar-refractivity contribution in [1.82, 2.24) is 0 Å². The predicted molar refractivity (Wildman–Crippen MR) is 73.2 cm³/mol. The third-order valence-electron chi connectivity index (χ3n) is 3.49. The average Bonchev–Trinajstić information content (AvgIpc) is 2.46. The second-order valence-electron chi connectivity index (χ2n) is 4.81. The first-order valence-electron chi connectivity index (χ1n) is 6.38. The van der Waals surface area contributed by atoms with E-state index in [1.165, 1.54) is 12.1 Å². The standard InChI is InChI=1S/C16H16F3N/c1-11(12-7-3-2-4-8-12)15(20)13-9-5-6-10-14(13)16(17,18)19/h2-11,15H,20H2,1H3. The van der Waals surface area contributed by atoms with Gasteiger partial charge in [0.1, 0.15) is 0 Å². The molecule has 2 unspecified atom stereocenters. The van der Waals surface area contributed by atoms with Crippen molar-refractivity contribution in [3.8, 4) is 0 Å². The van der Waals surface area contributed by atoms with Crippen LogP contribution in [0.15, 0.2) is 54.6 Å². The molecule has 0 heterocycles. The zero-order valence-electron chi connectivity index (χ0n) is 11.1. The molecule has 0 spiro atoms. The molecule has 2 rings (SSSR count). The molecule has 2 aromatic rings. The number of halogens is 3. The van der Waals surface area contributed by atoms with Crippen LogP contribution in [0.4, 0.5) is 13.2 Å². The second-order valence-corrected chi connectivity index (χ2v) is 4.81. The monoisotopic (exact) mass is 279 g/mol. The van der Waals surface area contributed by atoms with Crippen LogP contribution in [0.25, 0.3) is 0 Å². The van der Waals surface area contributed by atoms with Crippen molar-refractivity contribution in [1.29, 1.82) is 0 Å². The summed E-state index contributed by atoms with van der Waals surface area (Å²) in [7, 11) is 0. The molecule has 1 nitrogen and oxygen atoms in total. The maximum absolute atomic E-state index is 13.0. The molecule has 0 radical (unpaired) electrons. The van der Waals surface area contributed by atoms with Crippen molar-refractivity contribution in [3.05, 3.63) is 71.3 Å². The third-order valence-corrected chi connectivity index (χ3v) is 3.49. The van der Waals surface area contributed by atoms with Crippen molar-refractivity contribution in [2.24, 2.45) is 5.73 Å². The van der Waals surface area contributed by atoms with E-state index in [0.717, 1.165) is 11.6 Å². The molecule has 0 saturated carbocycles. The summed E-state index contributed by atoms with van der Waals surface area (Å²) in [5, 5.41) is 0. The van der Waals surface area contributed by atoms with Crippen LogP contribution in [-0.4, -0.2) is 0 Å². The number of hydrogen-bond acceptors (Lipinski definition) is 1. The van der Waals surface area contributed by atoms with Crippen LogP contribution in [0.2, 0.25) is 0 Å². The molecule has 106 valence electrons. The van der Waals surface area contributed by atoms with Gasteiger partial charge in [-0.15, -0.1) is 0 Å². The Bertz CT molecular complexity index is 563. The van der Waals surface area contributed by atoms with Crippen molar-refractivity contribution in [2.75, 3.05) is 0 Å². The summed E-state index contributed by atoms with van der Waals surface area (Å²) in [5.41, 5.74) is 6.47. The van der Waals surface area contributed by atoms with Gasteiger partial charge in [-0.3, -0.25) is 0 Å². The van der Waals surface area contributed by atoms with Crippen molar-refractivity contribution in [3.63, 3.8) is 0 Å². The molecule has 2 atom stereocenters. The van der Waals surface area contributed by atoms with Gasteiger partial charge >= 0.3 is 6.18 Å². The Kier molecular flexibility index (Phi) is 4.14. The first kappa shape index (κ1) is 14.6. The molecule has 0 bridgehead atoms. The van der Waals surface area contributed by atoms with E-state index in [1.807, 2.05) is 37.3 Å². The highest BCUT2D eigenvalue weighted by atomic mass is 19.4. The molecule has 0 aliphatic rings. The summed E-state index contributed by atoms with van der Waals surface area (Å²) >= 11 is 0. The van der Waals surface area contributed by atoms with Gasteiger partial charge in [-0.25, -0.2) is 0 Å². The van der Waals surface area contributed by atoms with Gasteiger partial charge in [0, 0.05) is 12.0 Å². The molecular weight excluding hydrogens is 263 g/mol. The normalized spacial score (nSPS) is 14.8. The maximum Gasteiger partial charge on any atom is 0.416 e. The number of benzene rings is 2. The molecule has 2 N–H and O–H groups in total. The molecule has 0 aromatic heterocycles. The lowest BCUT2D eigenvalue weighted by Crippen LogP contribution is -2.22. The van der Waals surface area contributed by atoms with E-state index in [4.69, 9.17) is 5.73 Å². The zero-order chi connectivity index (χ0) is 14.8. The fourth-order valence-corrected chi connectivity index (χ4v) is 2.28. The zero-order valence-corrected chi connectivity index (χ0v) is 11.1. The van der Waals surface area contributed by atoms with E-state index in [9.17, 15) is 13.2 Å². The molecule has 0 amide bonds. The van der Waals surface area contributed by atoms with E-state index >= 15 is 0 Å². The maximum atomic E-state index is 13.0. The van der Waals surface area contributed by atoms with Crippen LogP contribution in [0, 0.1) is 0 Å². The summed E-state index contributed by atoms with van der Waals surface area (Å²) < 4.78 is 39.1. The molecule has 0 aliphatic carbocycles. The first-order valence-corrected chi connectivity index (χ1v) is 6.38. The quantitative estimate of drug-likeness (QED) is 0.879. The van der Waals surface area contributed by atoms with Gasteiger partial charge in [-0.1, -0.05) is 55.5 Å². The van der Waals surface area contributed by atoms with Gasteiger partial charge in [-0.2, -0.15) is 13.2 Å². The summed E-state index contributed by atoms with van der Waals surface area (Å²) in [6.45, 7) is 1.84. The third kappa shape index (κ3) is 3.02. The lowest BCUT2D eigenvalue weighted by molar-refractivity contribution is -0.138. The number of rotatable bonds is 3. The Morgan fingerprint density at radius 1 is 0.900 bits per heavy atom. The molecule has 2 aromatic carbocycles. The van der Waals surface area contributed by atoms with Crippen LogP contribution >= 0.6 is 0 Å². The molecule has 0 aliphatic heterocycles. The predicted octanol–water partition coefficient (Wildman–Crippen LogP) is 4.51. The topological polar surface area (TPSA) is 26.0 Å². The summed E-state index contributed by atoms with van der Waals surface area (Å²) in [5.74, 6) is -0.195. The fourth-order valence-electron chi connectivity index (χ4n) is 2.28. The molecule has 0 fully saturated rings. The highest BCUT2D eigenvalue weighted by molar-refractivity contribution is 5.35. The Labute approximate surface area is 116 Å². The van der Waals surface area contributed by atoms with E-state index in [2.05, 4.69) is 0 Å². The van der Waals surface area contributed by atoms with E-state index in [-0.39, 0.29) is 11.5 Å². The van der Waals surface area contributed by atoms with Crippen molar-refractivity contribution < 1.29 is 13.2 Å². The molecule has 20 heavy (non-hydrogen) atoms. The smallest absolute Gasteiger partial charge is 0.323 e. The Hall–Kier alpha value is -1.81. The van der Waals surface area contributed by atoms with Gasteiger partial charge in [0.15, 0.2) is 0 Å². The summed E-state index contributed by atoms with van der Waals surface area (Å²) in [4.78, 5) is 0. The minimum Gasteiger partial charge on any atom is -0.323 e. The van der Waals surface area contributed by atoms with Gasteiger partial charge in [0.25, 0.3) is 0 Å². The minimum absolute atomic E-state index is 0.136. The van der Waals surface area contributed by atoms with Gasteiger partial charge in [0.05, 0.1) is 5.56 Å². The van der Waals surface area contributed by atoms with Crippen molar-refractivity contribution >= 4 is 0 Å². The van der Waals surface area contributed by atoms with E-state index in [0.29, 0.717) is 0 Å². The number of nitrogens with two attached hydrogens (primary N) is 1. The second kappa shape index (κ2) is 5.67. The highest BCUT2D eigenvalue weighted by Crippen LogP contribution is 2.37. The minimum atomic E-state index is -4.38. The molecular formula is C16H16F3N. The van der Waals surface area contributed by atoms with Gasteiger partial charge in [-0.05, 0) is 17.2 Å². The van der Waals surface area contributed by atoms with Crippen LogP contribution in [0.1, 0.15) is 35.6 Å². The first-order chi connectivity index (χ1) is 9.41. The average molecular weight is 279 g/mol. The van der Waals surface area contributed by atoms with E-state index < -0.39 is 17.8 Å². The van der Waals surface area contributed by atoms with Crippen LogP contribution < -0.4 is 5.73 Å². The number of hydrogen-bond donors (Lipinski definition) is 1. The summed E-state index contributed by atoms with van der Waals surface area (Å²) in [6, 6.07) is 14.1. The highest BCUT2D eigenvalue weighted by Gasteiger charge is 2.35. The largest absolute Gasteiger partial charge is 0.416 e. The number of alkyl halides is 3. The van der Waals surface area contributed by atoms with Crippen LogP contribution in [0.3, 0.4) is 0 Å². The Morgan fingerprint density at radius 3 is 2.05 bits per heavy atom. The van der Waals surface area contributed by atoms with E-state index in [1.54, 1.807) is 6.07 Å². The van der Waals surface area contributed by atoms with Gasteiger partial charge in [0.2, 0.25) is 0 Å². The lowest BCUT2D eigenvalue weighted by atomic mass is 9.87. The van der Waals surface area contributed by atoms with Gasteiger partial charge < -0.3 is 5.73 Å². The van der Waals surface area contributed by atoms with Crippen LogP contribution in [0.5, 0.6) is 0 Å². The van der Waals surface area contributed by atoms with Crippen LogP contribution in [-0.2, 0) is 6.18 Å². The Balaban J connectivity index is 2.37. The summed E-state index contributed by atoms with van der Waals surface area (Å²) in [6.07, 6.45) is -4.38. The SMILES string of the molecule is CC(c1ccccc1)C(N)c1ccccc1C(F)(F)F. The molecule has 4 heteroatoms. The van der Waals surface area contributed by atoms with Crippen molar-refractivity contribution in [2.45, 2.75) is 25.1 Å². The Morgan fingerprint density at radius 2 is 1.45 bits per heavy atom. The lowest BCUT2D eigenvalue weighted by Gasteiger charge is -2.24.